The minimum atomic E-state index is -4.04. The summed E-state index contributed by atoms with van der Waals surface area (Å²) in [5.41, 5.74) is 0. The quantitative estimate of drug-likeness (QED) is 0.300. The molecule has 0 radical (unpaired) electrons. The molecule has 16 heavy (non-hydrogen) atoms. The van der Waals surface area contributed by atoms with E-state index in [4.69, 9.17) is 10.2 Å². The number of carbonyl (C=O) groups is 2. The summed E-state index contributed by atoms with van der Waals surface area (Å²) in [4.78, 5) is 19.3. The van der Waals surface area contributed by atoms with Crippen LogP contribution in [0, 0.1) is 0 Å². The van der Waals surface area contributed by atoms with Crippen LogP contribution in [-0.2, 0) is 19.7 Å². The molecule has 0 aromatic carbocycles. The Morgan fingerprint density at radius 1 is 1.19 bits per heavy atom. The molecule has 0 saturated carbocycles. The van der Waals surface area contributed by atoms with Gasteiger partial charge in [0.1, 0.15) is 0 Å². The molecule has 0 aliphatic carbocycles. The normalized spacial score (nSPS) is 9.06. The number of hydrogen-bond donors (Lipinski definition) is 2. The van der Waals surface area contributed by atoms with Crippen LogP contribution in [0.1, 0.15) is 12.8 Å². The summed E-state index contributed by atoms with van der Waals surface area (Å²) >= 11 is 0. The molecular formula is C7H11NaO7S. The van der Waals surface area contributed by atoms with E-state index in [-0.39, 0.29) is 42.4 Å². The third-order valence-electron chi connectivity index (χ3n) is 0.875. The summed E-state index contributed by atoms with van der Waals surface area (Å²) in [5, 5.41) is 15.8. The Morgan fingerprint density at radius 2 is 1.50 bits per heavy atom. The van der Waals surface area contributed by atoms with Gasteiger partial charge in [0.15, 0.2) is 0 Å². The molecule has 88 valence electrons. The van der Waals surface area contributed by atoms with Crippen LogP contribution in [0.15, 0.2) is 12.7 Å². The van der Waals surface area contributed by atoms with Crippen molar-refractivity contribution in [2.45, 2.75) is 12.8 Å². The Morgan fingerprint density at radius 3 is 1.56 bits per heavy atom. The molecule has 0 aromatic heterocycles. The standard InChI is InChI=1S/C4H6O4.C3H6O3S.Na/c5-3(6)1-2-4(7)8;1-2-3-7(4,5)6;/h1-2H2,(H,5,6)(H,7,8);2H,1,3H2,(H,4,5,6);/q;;+1/p-1. The molecule has 0 amide bonds. The van der Waals surface area contributed by atoms with Gasteiger partial charge in [0, 0.05) is 0 Å². The van der Waals surface area contributed by atoms with Crippen molar-refractivity contribution in [3.05, 3.63) is 12.7 Å². The van der Waals surface area contributed by atoms with E-state index in [0.29, 0.717) is 0 Å². The first-order valence-electron chi connectivity index (χ1n) is 3.67. The van der Waals surface area contributed by atoms with Crippen molar-refractivity contribution in [2.75, 3.05) is 5.75 Å². The predicted molar refractivity (Wildman–Crippen MR) is 49.3 cm³/mol. The van der Waals surface area contributed by atoms with Crippen LogP contribution in [-0.4, -0.2) is 40.9 Å². The van der Waals surface area contributed by atoms with E-state index in [1.54, 1.807) is 0 Å². The molecule has 0 saturated heterocycles. The molecule has 0 aromatic rings. The molecule has 9 heteroatoms. The maximum atomic E-state index is 9.64. The summed E-state index contributed by atoms with van der Waals surface area (Å²) < 4.78 is 28.8. The summed E-state index contributed by atoms with van der Waals surface area (Å²) in [5.74, 6) is -2.63. The van der Waals surface area contributed by atoms with Gasteiger partial charge >= 0.3 is 41.5 Å². The molecule has 0 heterocycles. The van der Waals surface area contributed by atoms with Gasteiger partial charge in [0.05, 0.1) is 28.7 Å². The fourth-order valence-corrected chi connectivity index (χ4v) is 0.647. The van der Waals surface area contributed by atoms with Crippen molar-refractivity contribution >= 4 is 22.1 Å². The molecule has 0 unspecified atom stereocenters. The largest absolute Gasteiger partial charge is 1.00 e. The third kappa shape index (κ3) is 29.2. The average molecular weight is 262 g/mol. The Balaban J connectivity index is -0.000000200. The SMILES string of the molecule is C=CCS(=O)(=O)[O-].O=C(O)CCC(=O)O.[Na+]. The van der Waals surface area contributed by atoms with Crippen molar-refractivity contribution in [1.82, 2.24) is 0 Å². The number of rotatable bonds is 5. The molecule has 0 spiro atoms. The molecular weight excluding hydrogens is 251 g/mol. The van der Waals surface area contributed by atoms with Gasteiger partial charge in [-0.3, -0.25) is 9.59 Å². The third-order valence-corrected chi connectivity index (χ3v) is 1.52. The van der Waals surface area contributed by atoms with Crippen molar-refractivity contribution in [1.29, 1.82) is 0 Å². The topological polar surface area (TPSA) is 132 Å². The minimum absolute atomic E-state index is 0. The number of aliphatic carboxylic acids is 2. The first-order chi connectivity index (χ1) is 6.69. The predicted octanol–water partition coefficient (Wildman–Crippen LogP) is -3.34. The van der Waals surface area contributed by atoms with Gasteiger partial charge in [-0.25, -0.2) is 8.42 Å². The second-order valence-electron chi connectivity index (χ2n) is 2.30. The van der Waals surface area contributed by atoms with Crippen LogP contribution in [0.4, 0.5) is 0 Å². The second kappa shape index (κ2) is 11.1. The number of hydrogen-bond acceptors (Lipinski definition) is 5. The van der Waals surface area contributed by atoms with Crippen LogP contribution >= 0.6 is 0 Å². The van der Waals surface area contributed by atoms with E-state index in [2.05, 4.69) is 6.58 Å². The monoisotopic (exact) mass is 262 g/mol. The van der Waals surface area contributed by atoms with E-state index in [0.717, 1.165) is 6.08 Å². The van der Waals surface area contributed by atoms with Gasteiger partial charge in [0.25, 0.3) is 0 Å². The van der Waals surface area contributed by atoms with Gasteiger partial charge < -0.3 is 14.8 Å². The van der Waals surface area contributed by atoms with Crippen molar-refractivity contribution in [2.24, 2.45) is 0 Å². The maximum Gasteiger partial charge on any atom is 1.00 e. The second-order valence-corrected chi connectivity index (χ2v) is 3.75. The van der Waals surface area contributed by atoms with E-state index < -0.39 is 27.8 Å². The van der Waals surface area contributed by atoms with Crippen molar-refractivity contribution in [3.8, 4) is 0 Å². The minimum Gasteiger partial charge on any atom is -0.748 e. The molecule has 0 aliphatic heterocycles. The smallest absolute Gasteiger partial charge is 0.748 e. The van der Waals surface area contributed by atoms with E-state index in [1.807, 2.05) is 0 Å². The first kappa shape index (κ1) is 20.9. The summed E-state index contributed by atoms with van der Waals surface area (Å²) in [6.45, 7) is 3.07. The molecule has 0 bridgehead atoms. The Kier molecular flexibility index (Phi) is 14.5. The van der Waals surface area contributed by atoms with Crippen LogP contribution < -0.4 is 29.6 Å². The van der Waals surface area contributed by atoms with Gasteiger partial charge in [-0.05, 0) is 0 Å². The van der Waals surface area contributed by atoms with Crippen molar-refractivity contribution in [3.63, 3.8) is 0 Å². The van der Waals surface area contributed by atoms with Crippen LogP contribution in [0.25, 0.3) is 0 Å². The fourth-order valence-electron chi connectivity index (χ4n) is 0.358. The first-order valence-corrected chi connectivity index (χ1v) is 5.25. The Labute approximate surface area is 115 Å². The molecule has 2 N–H and O–H groups in total. The van der Waals surface area contributed by atoms with E-state index in [9.17, 15) is 22.6 Å². The van der Waals surface area contributed by atoms with Crippen LogP contribution in [0.3, 0.4) is 0 Å². The molecule has 0 rings (SSSR count). The van der Waals surface area contributed by atoms with Gasteiger partial charge in [0.2, 0.25) is 0 Å². The summed E-state index contributed by atoms with van der Waals surface area (Å²) in [7, 11) is -4.04. The zero-order chi connectivity index (χ0) is 12.5. The van der Waals surface area contributed by atoms with Gasteiger partial charge in [-0.15, -0.1) is 6.58 Å². The van der Waals surface area contributed by atoms with Gasteiger partial charge in [-0.2, -0.15) is 0 Å². The summed E-state index contributed by atoms with van der Waals surface area (Å²) in [6, 6.07) is 0. The van der Waals surface area contributed by atoms with E-state index >= 15 is 0 Å². The average Bonchev–Trinajstić information content (AvgIpc) is 1.99. The maximum absolute atomic E-state index is 9.64. The van der Waals surface area contributed by atoms with Gasteiger partial charge in [-0.1, -0.05) is 6.08 Å². The zero-order valence-electron chi connectivity index (χ0n) is 8.75. The van der Waals surface area contributed by atoms with E-state index in [1.165, 1.54) is 0 Å². The fraction of sp³-hybridized carbons (Fsp3) is 0.429. The van der Waals surface area contributed by atoms with Crippen LogP contribution in [0.2, 0.25) is 0 Å². The molecule has 0 aliphatic rings. The molecule has 0 atom stereocenters. The Bertz CT molecular complexity index is 308. The number of carboxylic acid groups (broad SMARTS) is 2. The summed E-state index contributed by atoms with van der Waals surface area (Å²) in [6.07, 6.45) is 0.465. The number of carboxylic acids is 2. The molecule has 7 nitrogen and oxygen atoms in total. The zero-order valence-corrected chi connectivity index (χ0v) is 11.6. The van der Waals surface area contributed by atoms with Crippen LogP contribution in [0.5, 0.6) is 0 Å². The molecule has 0 fully saturated rings. The van der Waals surface area contributed by atoms with Crippen molar-refractivity contribution < 1.29 is 62.3 Å². The Hall–Kier alpha value is -0.410.